The number of aromatic nitrogens is 1. The Morgan fingerprint density at radius 3 is 1.90 bits per heavy atom. The number of ether oxygens (including phenoxy) is 7. The van der Waals surface area contributed by atoms with E-state index in [1.807, 2.05) is 89.9 Å². The number of carbonyl (C=O) groups is 6. The van der Waals surface area contributed by atoms with Crippen molar-refractivity contribution in [3.05, 3.63) is 174 Å². The zero-order valence-corrected chi connectivity index (χ0v) is 49.2. The highest BCUT2D eigenvalue weighted by atomic mass is 32.1. The topological polar surface area (TPSA) is 196 Å². The van der Waals surface area contributed by atoms with Gasteiger partial charge in [0.05, 0.1) is 65.6 Å². The molecule has 7 aromatic rings. The maximum absolute atomic E-state index is 14.2. The average molecular weight is 1180 g/mol. The van der Waals surface area contributed by atoms with E-state index in [2.05, 4.69) is 6.58 Å². The Balaban J connectivity index is 0.805. The first-order chi connectivity index (χ1) is 42.0. The maximum atomic E-state index is 14.2. The molecule has 448 valence electrons. The van der Waals surface area contributed by atoms with Crippen molar-refractivity contribution < 1.29 is 61.9 Å². The van der Waals surface area contributed by atoms with E-state index in [1.165, 1.54) is 11.3 Å². The number of hydrogen-bond donors (Lipinski definition) is 0. The minimum atomic E-state index is -0.577. The third-order valence-corrected chi connectivity index (χ3v) is 16.4. The highest BCUT2D eigenvalue weighted by Gasteiger charge is 2.32. The van der Waals surface area contributed by atoms with Gasteiger partial charge < -0.3 is 33.2 Å². The monoisotopic (exact) mass is 1180 g/mol. The standard InChI is InChI=1S/C69H73N3O13S/c1-2-63(73)80-43-17-6-5-15-42-79-54-33-27-49(28-34-54)66(76)83-56-35-29-51(30-36-56)67(77)85-58-39-40-60(68(78)84-57-37-31-50(32-38-57)65(75)82-55-22-8-7-9-23-55)53(45-58)47-70-72(69-71-61-25-12-13-26-62(61)86-69)41-14-3-4-16-44-81-64(74)46-52-21-18-20-48-19-10-11-24-59(48)52/h2,7-13,18-28,33-34,39-40,45,47,50-51,56-57H,1,3-6,14-17,29-32,35-38,41-44,46H2/b70-47+/t50-,51-,56-,57-. The number of anilines is 1. The Morgan fingerprint density at radius 2 is 1.19 bits per heavy atom. The largest absolute Gasteiger partial charge is 0.494 e. The predicted octanol–water partition coefficient (Wildman–Crippen LogP) is 13.9. The average Bonchev–Trinajstić information content (AvgIpc) is 4.02. The fraction of sp³-hybridized carbons (Fsp3) is 0.362. The zero-order chi connectivity index (χ0) is 59.9. The van der Waals surface area contributed by atoms with Crippen molar-refractivity contribution >= 4 is 79.5 Å². The highest BCUT2D eigenvalue weighted by molar-refractivity contribution is 7.22. The molecule has 0 unspecified atom stereocenters. The molecule has 16 nitrogen and oxygen atoms in total. The van der Waals surface area contributed by atoms with Crippen molar-refractivity contribution in [1.29, 1.82) is 0 Å². The molecule has 1 aromatic heterocycles. The maximum Gasteiger partial charge on any atom is 0.339 e. The minimum absolute atomic E-state index is 0.206. The van der Waals surface area contributed by atoms with E-state index < -0.39 is 35.9 Å². The van der Waals surface area contributed by atoms with Crippen LogP contribution >= 0.6 is 11.3 Å². The Labute approximate surface area is 505 Å². The Kier molecular flexibility index (Phi) is 23.0. The first kappa shape index (κ1) is 61.8. The van der Waals surface area contributed by atoms with Gasteiger partial charge in [-0.05, 0) is 179 Å². The molecule has 0 spiro atoms. The summed E-state index contributed by atoms with van der Waals surface area (Å²) in [5.74, 6) is -1.86. The number of para-hydroxylation sites is 2. The molecule has 86 heavy (non-hydrogen) atoms. The molecule has 17 heteroatoms. The second kappa shape index (κ2) is 32.0. The summed E-state index contributed by atoms with van der Waals surface area (Å²) in [5, 5.41) is 9.56. The van der Waals surface area contributed by atoms with E-state index in [0.717, 1.165) is 77.6 Å². The van der Waals surface area contributed by atoms with Gasteiger partial charge in [-0.3, -0.25) is 14.4 Å². The van der Waals surface area contributed by atoms with Crippen LogP contribution in [0.25, 0.3) is 21.0 Å². The van der Waals surface area contributed by atoms with E-state index in [1.54, 1.807) is 60.8 Å². The van der Waals surface area contributed by atoms with Crippen LogP contribution in [0, 0.1) is 11.8 Å². The summed E-state index contributed by atoms with van der Waals surface area (Å²) in [4.78, 5) is 83.2. The van der Waals surface area contributed by atoms with Gasteiger partial charge in [0.15, 0.2) is 0 Å². The fourth-order valence-electron chi connectivity index (χ4n) is 10.6. The normalized spacial score (nSPS) is 16.7. The van der Waals surface area contributed by atoms with Gasteiger partial charge in [0, 0.05) is 18.2 Å². The summed E-state index contributed by atoms with van der Waals surface area (Å²) in [6.45, 7) is 5.08. The summed E-state index contributed by atoms with van der Waals surface area (Å²) >= 11 is 1.50. The number of thiazole rings is 1. The lowest BCUT2D eigenvalue weighted by atomic mass is 9.87. The van der Waals surface area contributed by atoms with Crippen LogP contribution in [0.5, 0.6) is 17.2 Å². The number of nitrogens with zero attached hydrogens (tertiary/aromatic N) is 3. The minimum Gasteiger partial charge on any atom is -0.494 e. The van der Waals surface area contributed by atoms with Crippen LogP contribution in [-0.2, 0) is 44.5 Å². The first-order valence-corrected chi connectivity index (χ1v) is 30.7. The van der Waals surface area contributed by atoms with Crippen LogP contribution in [0.15, 0.2) is 157 Å². The van der Waals surface area contributed by atoms with Crippen LogP contribution in [0.2, 0.25) is 0 Å². The van der Waals surface area contributed by atoms with Gasteiger partial charge in [-0.25, -0.2) is 24.4 Å². The van der Waals surface area contributed by atoms with Gasteiger partial charge >= 0.3 is 35.8 Å². The molecule has 2 aliphatic carbocycles. The van der Waals surface area contributed by atoms with Crippen LogP contribution in [0.1, 0.15) is 135 Å². The lowest BCUT2D eigenvalue weighted by molar-refractivity contribution is -0.143. The number of hydrazone groups is 1. The molecule has 0 radical (unpaired) electrons. The van der Waals surface area contributed by atoms with Crippen molar-refractivity contribution in [3.63, 3.8) is 0 Å². The van der Waals surface area contributed by atoms with Crippen molar-refractivity contribution in [2.45, 2.75) is 121 Å². The fourth-order valence-corrected chi connectivity index (χ4v) is 11.5. The molecule has 0 amide bonds. The zero-order valence-electron chi connectivity index (χ0n) is 48.4. The lowest BCUT2D eigenvalue weighted by Crippen LogP contribution is -2.30. The van der Waals surface area contributed by atoms with Gasteiger partial charge in [-0.2, -0.15) is 5.10 Å². The van der Waals surface area contributed by atoms with Crippen LogP contribution in [-0.4, -0.2) is 85.6 Å². The van der Waals surface area contributed by atoms with Crippen molar-refractivity contribution in [2.24, 2.45) is 16.9 Å². The van der Waals surface area contributed by atoms with Crippen molar-refractivity contribution in [2.75, 3.05) is 31.4 Å². The molecule has 0 N–H and O–H groups in total. The van der Waals surface area contributed by atoms with Crippen LogP contribution in [0.4, 0.5) is 5.13 Å². The SMILES string of the molecule is C=CC(=O)OCCCCCCOc1ccc(C(=O)O[C@H]2CC[C@H](C(=O)Oc3ccc(C(=O)O[C@H]4CC[C@H](C(=O)Oc5ccccc5)CC4)c(/C=N/N(CCCCCCOC(=O)Cc4cccc5ccccc45)c4nc5ccccc5s4)c3)CC2)cc1. The van der Waals surface area contributed by atoms with E-state index in [0.29, 0.717) is 112 Å². The summed E-state index contributed by atoms with van der Waals surface area (Å²) in [5.41, 5.74) is 2.75. The van der Waals surface area contributed by atoms with Gasteiger partial charge in [0.1, 0.15) is 29.5 Å². The van der Waals surface area contributed by atoms with E-state index in [9.17, 15) is 28.8 Å². The smallest absolute Gasteiger partial charge is 0.339 e. The second-order valence-electron chi connectivity index (χ2n) is 21.6. The van der Waals surface area contributed by atoms with Crippen molar-refractivity contribution in [3.8, 4) is 17.2 Å². The lowest BCUT2D eigenvalue weighted by Gasteiger charge is -2.27. The van der Waals surface area contributed by atoms with Crippen molar-refractivity contribution in [1.82, 2.24) is 4.98 Å². The Bertz CT molecular complexity index is 3400. The molecule has 0 bridgehead atoms. The molecule has 6 aromatic carbocycles. The summed E-state index contributed by atoms with van der Waals surface area (Å²) in [7, 11) is 0. The van der Waals surface area contributed by atoms with E-state index >= 15 is 0 Å². The third-order valence-electron chi connectivity index (χ3n) is 15.4. The Morgan fingerprint density at radius 1 is 0.581 bits per heavy atom. The molecular formula is C69H73N3O13S. The number of rotatable bonds is 29. The van der Waals surface area contributed by atoms with Crippen LogP contribution in [0.3, 0.4) is 0 Å². The van der Waals surface area contributed by atoms with E-state index in [-0.39, 0.29) is 41.7 Å². The molecule has 2 fully saturated rings. The molecule has 9 rings (SSSR count). The number of unbranched alkanes of at least 4 members (excludes halogenated alkanes) is 6. The third kappa shape index (κ3) is 18.4. The van der Waals surface area contributed by atoms with Crippen LogP contribution < -0.4 is 19.2 Å². The molecular weight excluding hydrogens is 1110 g/mol. The molecule has 2 aliphatic rings. The quantitative estimate of drug-likeness (QED) is 0.00816. The number of benzene rings is 6. The highest BCUT2D eigenvalue weighted by Crippen LogP contribution is 2.33. The molecule has 0 aliphatic heterocycles. The summed E-state index contributed by atoms with van der Waals surface area (Å²) in [6, 6.07) is 42.4. The van der Waals surface area contributed by atoms with Gasteiger partial charge in [0.25, 0.3) is 0 Å². The summed E-state index contributed by atoms with van der Waals surface area (Å²) < 4.78 is 41.2. The van der Waals surface area contributed by atoms with Gasteiger partial charge in [-0.1, -0.05) is 97.1 Å². The summed E-state index contributed by atoms with van der Waals surface area (Å²) in [6.07, 6.45) is 12.4. The van der Waals surface area contributed by atoms with Gasteiger partial charge in [0.2, 0.25) is 5.13 Å². The number of carbonyl (C=O) groups excluding carboxylic acids is 6. The number of fused-ring (bicyclic) bond motifs is 2. The van der Waals surface area contributed by atoms with Gasteiger partial charge in [-0.15, -0.1) is 0 Å². The molecule has 0 saturated heterocycles. The second-order valence-corrected chi connectivity index (χ2v) is 22.6. The molecule has 0 atom stereocenters. The predicted molar refractivity (Wildman–Crippen MR) is 330 cm³/mol. The molecule has 2 saturated carbocycles. The number of hydrogen-bond acceptors (Lipinski definition) is 17. The number of esters is 6. The van der Waals surface area contributed by atoms with E-state index in [4.69, 9.17) is 43.2 Å². The Hall–Kier alpha value is -8.70. The first-order valence-electron chi connectivity index (χ1n) is 29.9. The molecule has 1 heterocycles.